The van der Waals surface area contributed by atoms with Gasteiger partial charge in [0.05, 0.1) is 0 Å². The molecule has 0 fully saturated rings. The maximum absolute atomic E-state index is 12.9. The molecule has 0 aliphatic rings. The SMILES string of the molecule is CC(C)[Si](C#Cc1cccc2cc(Cl)cc(OS(=O)(=O)C(F)(F)F)c12)(C(C)C)C(C)C. The van der Waals surface area contributed by atoms with Crippen molar-refractivity contribution in [2.45, 2.75) is 63.7 Å². The smallest absolute Gasteiger partial charge is 0.375 e. The van der Waals surface area contributed by atoms with Crippen LogP contribution in [-0.2, 0) is 10.1 Å². The standard InChI is InChI=1S/C22H26ClF3O3SSi/c1-14(2)31(15(3)4,16(5)6)11-10-17-8-7-9-18-12-19(23)13-20(21(17)18)29-30(27,28)22(24,25)26/h7-9,12-16H,1-6H3. The molecule has 0 amide bonds. The lowest BCUT2D eigenvalue weighted by Crippen LogP contribution is -2.43. The Balaban J connectivity index is 2.79. The van der Waals surface area contributed by atoms with Gasteiger partial charge in [-0.15, -0.1) is 5.54 Å². The van der Waals surface area contributed by atoms with E-state index in [0.29, 0.717) is 27.6 Å². The summed E-state index contributed by atoms with van der Waals surface area (Å²) in [6.07, 6.45) is 0. The Morgan fingerprint density at radius 2 is 1.55 bits per heavy atom. The van der Waals surface area contributed by atoms with Crippen LogP contribution in [-0.4, -0.2) is 22.0 Å². The van der Waals surface area contributed by atoms with E-state index in [2.05, 4.69) is 57.2 Å². The van der Waals surface area contributed by atoms with E-state index in [1.807, 2.05) is 0 Å². The average molecular weight is 491 g/mol. The highest BCUT2D eigenvalue weighted by Gasteiger charge is 2.49. The van der Waals surface area contributed by atoms with E-state index in [1.165, 1.54) is 6.07 Å². The third kappa shape index (κ3) is 5.05. The molecule has 31 heavy (non-hydrogen) atoms. The monoisotopic (exact) mass is 490 g/mol. The molecule has 170 valence electrons. The van der Waals surface area contributed by atoms with Crippen molar-refractivity contribution in [3.8, 4) is 17.2 Å². The van der Waals surface area contributed by atoms with Gasteiger partial charge in [0, 0.05) is 22.0 Å². The summed E-state index contributed by atoms with van der Waals surface area (Å²) in [4.78, 5) is 0. The molecule has 0 aliphatic carbocycles. The van der Waals surface area contributed by atoms with Crippen molar-refractivity contribution in [2.24, 2.45) is 0 Å². The minimum Gasteiger partial charge on any atom is -0.375 e. The largest absolute Gasteiger partial charge is 0.534 e. The lowest BCUT2D eigenvalue weighted by Gasteiger charge is -2.38. The molecule has 0 aromatic heterocycles. The maximum Gasteiger partial charge on any atom is 0.534 e. The summed E-state index contributed by atoms with van der Waals surface area (Å²) in [5.41, 5.74) is -0.594. The molecule has 9 heteroatoms. The van der Waals surface area contributed by atoms with Gasteiger partial charge in [-0.2, -0.15) is 21.6 Å². The predicted molar refractivity (Wildman–Crippen MR) is 122 cm³/mol. The van der Waals surface area contributed by atoms with Crippen molar-refractivity contribution >= 4 is 40.6 Å². The molecule has 0 N–H and O–H groups in total. The summed E-state index contributed by atoms with van der Waals surface area (Å²) < 4.78 is 66.6. The first-order chi connectivity index (χ1) is 14.1. The van der Waals surface area contributed by atoms with Gasteiger partial charge in [-0.3, -0.25) is 0 Å². The fourth-order valence-corrected chi connectivity index (χ4v) is 10.2. The second-order valence-electron chi connectivity index (χ2n) is 8.44. The molecule has 0 heterocycles. The molecule has 0 saturated heterocycles. The van der Waals surface area contributed by atoms with Crippen molar-refractivity contribution < 1.29 is 25.8 Å². The fourth-order valence-electron chi connectivity index (χ4n) is 4.30. The Bertz CT molecular complexity index is 1110. The molecule has 0 spiro atoms. The quantitative estimate of drug-likeness (QED) is 0.191. The first-order valence-corrected chi connectivity index (χ1v) is 13.9. The van der Waals surface area contributed by atoms with E-state index in [-0.39, 0.29) is 10.4 Å². The van der Waals surface area contributed by atoms with Gasteiger partial charge in [-0.05, 0) is 34.1 Å². The molecule has 0 radical (unpaired) electrons. The van der Waals surface area contributed by atoms with Crippen LogP contribution in [0.15, 0.2) is 30.3 Å². The topological polar surface area (TPSA) is 43.4 Å². The Morgan fingerprint density at radius 1 is 1.00 bits per heavy atom. The van der Waals surface area contributed by atoms with Gasteiger partial charge in [0.1, 0.15) is 8.07 Å². The van der Waals surface area contributed by atoms with E-state index in [0.717, 1.165) is 6.07 Å². The molecule has 0 aliphatic heterocycles. The van der Waals surface area contributed by atoms with Crippen LogP contribution in [0.1, 0.15) is 47.1 Å². The molecule has 0 unspecified atom stereocenters. The Labute approximate surface area is 188 Å². The fraction of sp³-hybridized carbons (Fsp3) is 0.455. The molecule has 3 nitrogen and oxygen atoms in total. The van der Waals surface area contributed by atoms with Gasteiger partial charge in [0.15, 0.2) is 5.75 Å². The molecule has 2 aromatic carbocycles. The van der Waals surface area contributed by atoms with Crippen LogP contribution in [0.5, 0.6) is 5.75 Å². The highest BCUT2D eigenvalue weighted by molar-refractivity contribution is 7.88. The zero-order chi connectivity index (χ0) is 23.8. The summed E-state index contributed by atoms with van der Waals surface area (Å²) in [5.74, 6) is 2.68. The molecule has 2 rings (SSSR count). The van der Waals surface area contributed by atoms with Crippen LogP contribution in [0.2, 0.25) is 21.6 Å². The van der Waals surface area contributed by atoms with Gasteiger partial charge in [0.2, 0.25) is 0 Å². The van der Waals surface area contributed by atoms with Crippen LogP contribution in [0, 0.1) is 11.5 Å². The number of fused-ring (bicyclic) bond motifs is 1. The first-order valence-electron chi connectivity index (χ1n) is 9.89. The van der Waals surface area contributed by atoms with Crippen LogP contribution in [0.3, 0.4) is 0 Å². The zero-order valence-electron chi connectivity index (χ0n) is 18.3. The van der Waals surface area contributed by atoms with Gasteiger partial charge >= 0.3 is 15.6 Å². The van der Waals surface area contributed by atoms with Crippen molar-refractivity contribution in [1.82, 2.24) is 0 Å². The van der Waals surface area contributed by atoms with Crippen molar-refractivity contribution in [2.75, 3.05) is 0 Å². The lowest BCUT2D eigenvalue weighted by molar-refractivity contribution is -0.0499. The highest BCUT2D eigenvalue weighted by Crippen LogP contribution is 2.41. The average Bonchev–Trinajstić information content (AvgIpc) is 2.59. The van der Waals surface area contributed by atoms with E-state index >= 15 is 0 Å². The van der Waals surface area contributed by atoms with Gasteiger partial charge in [0.25, 0.3) is 0 Å². The van der Waals surface area contributed by atoms with Crippen molar-refractivity contribution in [3.63, 3.8) is 0 Å². The van der Waals surface area contributed by atoms with Crippen molar-refractivity contribution in [3.05, 3.63) is 40.9 Å². The van der Waals surface area contributed by atoms with Crippen LogP contribution >= 0.6 is 11.6 Å². The Hall–Kier alpha value is -1.69. The number of rotatable bonds is 5. The molecule has 0 atom stereocenters. The third-order valence-electron chi connectivity index (χ3n) is 5.67. The second-order valence-corrected chi connectivity index (χ2v) is 16.0. The number of benzene rings is 2. The van der Waals surface area contributed by atoms with Crippen molar-refractivity contribution in [1.29, 1.82) is 0 Å². The van der Waals surface area contributed by atoms with Gasteiger partial charge < -0.3 is 4.18 Å². The Morgan fingerprint density at radius 3 is 2.03 bits per heavy atom. The predicted octanol–water partition coefficient (Wildman–Crippen LogP) is 7.29. The zero-order valence-corrected chi connectivity index (χ0v) is 20.8. The van der Waals surface area contributed by atoms with E-state index in [4.69, 9.17) is 11.6 Å². The minimum atomic E-state index is -5.86. The maximum atomic E-state index is 12.9. The summed E-state index contributed by atoms with van der Waals surface area (Å²) in [6.45, 7) is 12.9. The normalized spacial score (nSPS) is 13.1. The van der Waals surface area contributed by atoms with E-state index in [9.17, 15) is 21.6 Å². The molecular formula is C22H26ClF3O3SSi. The summed E-state index contributed by atoms with van der Waals surface area (Å²) in [6, 6.07) is 7.57. The summed E-state index contributed by atoms with van der Waals surface area (Å²) in [5, 5.41) is 0.684. The number of alkyl halides is 3. The molecule has 2 aromatic rings. The molecule has 0 saturated carbocycles. The summed E-state index contributed by atoms with van der Waals surface area (Å²) in [7, 11) is -7.99. The first kappa shape index (κ1) is 25.6. The van der Waals surface area contributed by atoms with Crippen LogP contribution < -0.4 is 4.18 Å². The minimum absolute atomic E-state index is 0.0558. The summed E-state index contributed by atoms with van der Waals surface area (Å²) >= 11 is 6.01. The van der Waals surface area contributed by atoms with E-state index in [1.54, 1.807) is 18.2 Å². The number of hydrogen-bond acceptors (Lipinski definition) is 3. The van der Waals surface area contributed by atoms with Gasteiger partial charge in [-0.25, -0.2) is 0 Å². The number of halogens is 4. The Kier molecular flexibility index (Phi) is 7.46. The van der Waals surface area contributed by atoms with E-state index < -0.39 is 29.4 Å². The van der Waals surface area contributed by atoms with Gasteiger partial charge in [-0.1, -0.05) is 71.2 Å². The molecular weight excluding hydrogens is 465 g/mol. The highest BCUT2D eigenvalue weighted by atomic mass is 35.5. The molecule has 0 bridgehead atoms. The van der Waals surface area contributed by atoms with Crippen LogP contribution in [0.4, 0.5) is 13.2 Å². The lowest BCUT2D eigenvalue weighted by atomic mass is 10.0. The number of hydrogen-bond donors (Lipinski definition) is 0. The third-order valence-corrected chi connectivity index (χ3v) is 13.1. The van der Waals surface area contributed by atoms with Crippen LogP contribution in [0.25, 0.3) is 10.8 Å². The second kappa shape index (κ2) is 9.05.